The van der Waals surface area contributed by atoms with Crippen molar-refractivity contribution >= 4 is 5.97 Å². The van der Waals surface area contributed by atoms with E-state index in [1.807, 2.05) is 65.0 Å². The molecule has 0 unspecified atom stereocenters. The molecule has 21 heavy (non-hydrogen) atoms. The molecule has 4 nitrogen and oxygen atoms in total. The van der Waals surface area contributed by atoms with E-state index in [2.05, 4.69) is 0 Å². The SMILES string of the molecule is CC(C)(C)OC(=O)[C@@]1(c2ccccc2)O[C@H](CO)C1(C)C. The van der Waals surface area contributed by atoms with E-state index in [1.54, 1.807) is 0 Å². The summed E-state index contributed by atoms with van der Waals surface area (Å²) in [5.41, 5.74) is -1.56. The summed E-state index contributed by atoms with van der Waals surface area (Å²) < 4.78 is 11.4. The predicted molar refractivity (Wildman–Crippen MR) is 79.7 cm³/mol. The van der Waals surface area contributed by atoms with Gasteiger partial charge in [0.25, 0.3) is 0 Å². The van der Waals surface area contributed by atoms with Crippen molar-refractivity contribution < 1.29 is 19.4 Å². The second kappa shape index (κ2) is 5.11. The van der Waals surface area contributed by atoms with Gasteiger partial charge in [-0.25, -0.2) is 4.79 Å². The molecule has 1 fully saturated rings. The van der Waals surface area contributed by atoms with E-state index in [-0.39, 0.29) is 12.7 Å². The third-order valence-electron chi connectivity index (χ3n) is 4.06. The number of ether oxygens (including phenoxy) is 2. The van der Waals surface area contributed by atoms with Crippen LogP contribution in [0.5, 0.6) is 0 Å². The molecule has 1 saturated heterocycles. The van der Waals surface area contributed by atoms with Crippen LogP contribution in [0.2, 0.25) is 0 Å². The molecule has 116 valence electrons. The van der Waals surface area contributed by atoms with Gasteiger partial charge in [-0.15, -0.1) is 0 Å². The summed E-state index contributed by atoms with van der Waals surface area (Å²) in [4.78, 5) is 12.8. The van der Waals surface area contributed by atoms with E-state index in [0.717, 1.165) is 5.56 Å². The number of hydrogen-bond donors (Lipinski definition) is 1. The lowest BCUT2D eigenvalue weighted by molar-refractivity contribution is -0.320. The first-order chi connectivity index (χ1) is 9.65. The maximum absolute atomic E-state index is 12.8. The van der Waals surface area contributed by atoms with Gasteiger partial charge >= 0.3 is 5.97 Å². The standard InChI is InChI=1S/C17H24O4/c1-15(2,3)21-14(19)17(12-9-7-6-8-10-12)16(4,5)13(11-18)20-17/h6-10,13,18H,11H2,1-5H3/t13-,17-/m1/s1. The smallest absolute Gasteiger partial charge is 0.344 e. The third kappa shape index (κ3) is 2.47. The molecule has 1 aromatic rings. The lowest BCUT2D eigenvalue weighted by atomic mass is 9.62. The number of aliphatic hydroxyl groups excluding tert-OH is 1. The van der Waals surface area contributed by atoms with Crippen LogP contribution in [0.25, 0.3) is 0 Å². The van der Waals surface area contributed by atoms with E-state index in [0.29, 0.717) is 0 Å². The maximum atomic E-state index is 12.8. The lowest BCUT2D eigenvalue weighted by Crippen LogP contribution is -2.69. The largest absolute Gasteiger partial charge is 0.458 e. The molecule has 4 heteroatoms. The van der Waals surface area contributed by atoms with Crippen LogP contribution in [0.15, 0.2) is 30.3 Å². The molecule has 2 atom stereocenters. The Hall–Kier alpha value is -1.39. The fraction of sp³-hybridized carbons (Fsp3) is 0.588. The van der Waals surface area contributed by atoms with Gasteiger partial charge in [-0.3, -0.25) is 0 Å². The molecule has 1 aliphatic heterocycles. The van der Waals surface area contributed by atoms with Crippen LogP contribution in [-0.4, -0.2) is 29.4 Å². The summed E-state index contributed by atoms with van der Waals surface area (Å²) in [6.07, 6.45) is -0.384. The topological polar surface area (TPSA) is 55.8 Å². The zero-order chi connectivity index (χ0) is 15.9. The summed E-state index contributed by atoms with van der Waals surface area (Å²) in [5, 5.41) is 9.44. The van der Waals surface area contributed by atoms with E-state index in [9.17, 15) is 9.90 Å². The Morgan fingerprint density at radius 1 is 1.29 bits per heavy atom. The number of carbonyl (C=O) groups is 1. The van der Waals surface area contributed by atoms with Gasteiger partial charge in [0.15, 0.2) is 5.60 Å². The number of carbonyl (C=O) groups excluding carboxylic acids is 1. The Morgan fingerprint density at radius 3 is 2.29 bits per heavy atom. The summed E-state index contributed by atoms with van der Waals surface area (Å²) in [6, 6.07) is 9.35. The number of aliphatic hydroxyl groups is 1. The van der Waals surface area contributed by atoms with Crippen molar-refractivity contribution in [1.82, 2.24) is 0 Å². The lowest BCUT2D eigenvalue weighted by Gasteiger charge is -2.59. The van der Waals surface area contributed by atoms with Gasteiger partial charge < -0.3 is 14.6 Å². The maximum Gasteiger partial charge on any atom is 0.344 e. The Labute approximate surface area is 126 Å². The second-order valence-corrected chi connectivity index (χ2v) is 7.06. The average Bonchev–Trinajstić information content (AvgIpc) is 2.37. The highest BCUT2D eigenvalue weighted by atomic mass is 16.6. The minimum atomic E-state index is -1.17. The predicted octanol–water partition coefficient (Wildman–Crippen LogP) is 2.64. The van der Waals surface area contributed by atoms with Crippen LogP contribution < -0.4 is 0 Å². The highest BCUT2D eigenvalue weighted by Crippen LogP contribution is 2.57. The molecular formula is C17H24O4. The fourth-order valence-corrected chi connectivity index (χ4v) is 2.84. The Kier molecular flexibility index (Phi) is 3.89. The van der Waals surface area contributed by atoms with Gasteiger partial charge in [0.05, 0.1) is 12.7 Å². The molecule has 1 aliphatic rings. The molecule has 2 rings (SSSR count). The van der Waals surface area contributed by atoms with E-state index in [1.165, 1.54) is 0 Å². The van der Waals surface area contributed by atoms with Crippen LogP contribution in [0.3, 0.4) is 0 Å². The number of esters is 1. The molecule has 1 aromatic carbocycles. The van der Waals surface area contributed by atoms with Gasteiger partial charge in [0.1, 0.15) is 5.60 Å². The van der Waals surface area contributed by atoms with Crippen LogP contribution in [0.4, 0.5) is 0 Å². The zero-order valence-corrected chi connectivity index (χ0v) is 13.3. The van der Waals surface area contributed by atoms with E-state index in [4.69, 9.17) is 9.47 Å². The van der Waals surface area contributed by atoms with Crippen LogP contribution in [-0.2, 0) is 19.9 Å². The van der Waals surface area contributed by atoms with Gasteiger partial charge in [0, 0.05) is 5.41 Å². The van der Waals surface area contributed by atoms with Crippen molar-refractivity contribution in [2.45, 2.75) is 51.9 Å². The monoisotopic (exact) mass is 292 g/mol. The summed E-state index contributed by atoms with van der Waals surface area (Å²) >= 11 is 0. The zero-order valence-electron chi connectivity index (χ0n) is 13.3. The summed E-state index contributed by atoms with van der Waals surface area (Å²) in [7, 11) is 0. The van der Waals surface area contributed by atoms with Crippen molar-refractivity contribution in [3.63, 3.8) is 0 Å². The normalized spacial score (nSPS) is 27.8. The molecule has 0 aromatic heterocycles. The van der Waals surface area contributed by atoms with Crippen LogP contribution >= 0.6 is 0 Å². The molecule has 0 aliphatic carbocycles. The number of rotatable bonds is 3. The highest BCUT2D eigenvalue weighted by Gasteiger charge is 2.68. The van der Waals surface area contributed by atoms with Crippen molar-refractivity contribution in [1.29, 1.82) is 0 Å². The van der Waals surface area contributed by atoms with Crippen molar-refractivity contribution in [2.24, 2.45) is 5.41 Å². The first-order valence-electron chi connectivity index (χ1n) is 7.23. The quantitative estimate of drug-likeness (QED) is 0.870. The van der Waals surface area contributed by atoms with E-state index >= 15 is 0 Å². The first kappa shape index (κ1) is 16.0. The van der Waals surface area contributed by atoms with Crippen LogP contribution in [0, 0.1) is 5.41 Å². The molecule has 1 N–H and O–H groups in total. The van der Waals surface area contributed by atoms with Crippen molar-refractivity contribution in [3.8, 4) is 0 Å². The molecule has 0 bridgehead atoms. The molecule has 0 radical (unpaired) electrons. The first-order valence-corrected chi connectivity index (χ1v) is 7.23. The molecule has 0 spiro atoms. The second-order valence-electron chi connectivity index (χ2n) is 7.06. The van der Waals surface area contributed by atoms with Crippen molar-refractivity contribution in [3.05, 3.63) is 35.9 Å². The van der Waals surface area contributed by atoms with Gasteiger partial charge in [0.2, 0.25) is 0 Å². The summed E-state index contributed by atoms with van der Waals surface area (Å²) in [6.45, 7) is 9.23. The van der Waals surface area contributed by atoms with Gasteiger partial charge in [-0.05, 0) is 26.3 Å². The Morgan fingerprint density at radius 2 is 1.86 bits per heavy atom. The minimum absolute atomic E-state index is 0.121. The van der Waals surface area contributed by atoms with Gasteiger partial charge in [-0.2, -0.15) is 0 Å². The summed E-state index contributed by atoms with van der Waals surface area (Å²) in [5.74, 6) is -0.407. The highest BCUT2D eigenvalue weighted by molar-refractivity contribution is 5.84. The van der Waals surface area contributed by atoms with Crippen LogP contribution in [0.1, 0.15) is 40.2 Å². The Bertz CT molecular complexity index is 515. The Balaban J connectivity index is 2.45. The van der Waals surface area contributed by atoms with Gasteiger partial charge in [-0.1, -0.05) is 44.2 Å². The molecule has 1 heterocycles. The number of benzene rings is 1. The molecule has 0 saturated carbocycles. The fourth-order valence-electron chi connectivity index (χ4n) is 2.84. The third-order valence-corrected chi connectivity index (χ3v) is 4.06. The number of hydrogen-bond acceptors (Lipinski definition) is 4. The average molecular weight is 292 g/mol. The van der Waals surface area contributed by atoms with Crippen molar-refractivity contribution in [2.75, 3.05) is 6.61 Å². The molecule has 0 amide bonds. The van der Waals surface area contributed by atoms with E-state index < -0.39 is 22.6 Å². The molecular weight excluding hydrogens is 268 g/mol. The minimum Gasteiger partial charge on any atom is -0.458 e.